The third kappa shape index (κ3) is 7.95. The number of allylic oxidation sites excluding steroid dienone is 1. The number of carbonyl (C=O) groups excluding carboxylic acids is 2. The van der Waals surface area contributed by atoms with Gasteiger partial charge in [0.1, 0.15) is 0 Å². The standard InChI is InChI=1S/C35H38Cl2N4O6.2ClH/c1-39-21-10-11-22(39)17-23(16-21)40-12-14-41(15-13-40)29(43)19-27-32(35(46)47)33(30-24(36)8-5-9-25(30)37)31(34(44)45)26(38-27)18-28(42)20-6-3-2-4-7-20;;/h2-9,21-23,33,38H,10-19H2,1H3,(H,44,45)(H,46,47);2*1H. The van der Waals surface area contributed by atoms with Crippen LogP contribution in [-0.2, 0) is 14.4 Å². The van der Waals surface area contributed by atoms with Gasteiger partial charge >= 0.3 is 11.9 Å². The van der Waals surface area contributed by atoms with E-state index in [2.05, 4.69) is 22.2 Å². The highest BCUT2D eigenvalue weighted by Gasteiger charge is 2.43. The van der Waals surface area contributed by atoms with Gasteiger partial charge in [-0.15, -0.1) is 24.8 Å². The zero-order chi connectivity index (χ0) is 33.4. The number of benzene rings is 2. The van der Waals surface area contributed by atoms with Crippen molar-refractivity contribution in [3.63, 3.8) is 0 Å². The van der Waals surface area contributed by atoms with Crippen molar-refractivity contribution < 1.29 is 29.4 Å². The molecule has 264 valence electrons. The molecule has 0 radical (unpaired) electrons. The number of nitrogens with zero attached hydrogens (tertiary/aromatic N) is 3. The van der Waals surface area contributed by atoms with Gasteiger partial charge in [0, 0.05) is 76.9 Å². The van der Waals surface area contributed by atoms with E-state index in [0.717, 1.165) is 25.9 Å². The number of hydrogen-bond donors (Lipinski definition) is 3. The predicted octanol–water partition coefficient (Wildman–Crippen LogP) is 5.63. The van der Waals surface area contributed by atoms with E-state index in [4.69, 9.17) is 23.2 Å². The van der Waals surface area contributed by atoms with E-state index in [1.807, 2.05) is 0 Å². The number of Topliss-reactive ketones (excluding diaryl/α,β-unsaturated/α-hetero) is 1. The third-order valence-corrected chi connectivity index (χ3v) is 11.0. The van der Waals surface area contributed by atoms with Crippen molar-refractivity contribution in [3.8, 4) is 0 Å². The number of dihydropyridines is 1. The number of rotatable bonds is 9. The molecule has 2 aromatic rings. The van der Waals surface area contributed by atoms with Gasteiger partial charge in [0.05, 0.1) is 29.9 Å². The Hall–Kier alpha value is -3.12. The average Bonchev–Trinajstić information content (AvgIpc) is 3.23. The van der Waals surface area contributed by atoms with E-state index in [0.29, 0.717) is 36.8 Å². The van der Waals surface area contributed by atoms with E-state index in [9.17, 15) is 29.4 Å². The molecule has 1 amide bonds. The summed E-state index contributed by atoms with van der Waals surface area (Å²) in [7, 11) is 2.22. The largest absolute Gasteiger partial charge is 0.478 e. The summed E-state index contributed by atoms with van der Waals surface area (Å²) in [6, 6.07) is 14.7. The summed E-state index contributed by atoms with van der Waals surface area (Å²) in [4.78, 5) is 59.7. The van der Waals surface area contributed by atoms with Gasteiger partial charge in [-0.1, -0.05) is 59.6 Å². The molecule has 3 saturated heterocycles. The predicted molar refractivity (Wildman–Crippen MR) is 192 cm³/mol. The van der Waals surface area contributed by atoms with E-state index in [1.54, 1.807) is 41.3 Å². The van der Waals surface area contributed by atoms with Gasteiger partial charge in [-0.2, -0.15) is 0 Å². The van der Waals surface area contributed by atoms with Crippen LogP contribution in [0.25, 0.3) is 0 Å². The van der Waals surface area contributed by atoms with Gasteiger partial charge in [-0.05, 0) is 44.9 Å². The molecule has 3 N–H and O–H groups in total. The first-order valence-electron chi connectivity index (χ1n) is 16.0. The molecule has 0 saturated carbocycles. The fraction of sp³-hybridized carbons (Fsp3) is 0.429. The smallest absolute Gasteiger partial charge is 0.334 e. The molecule has 49 heavy (non-hydrogen) atoms. The summed E-state index contributed by atoms with van der Waals surface area (Å²) >= 11 is 13.1. The lowest BCUT2D eigenvalue weighted by Crippen LogP contribution is -2.56. The Morgan fingerprint density at radius 2 is 1.29 bits per heavy atom. The maximum Gasteiger partial charge on any atom is 0.334 e. The van der Waals surface area contributed by atoms with E-state index in [-0.39, 0.29) is 87.5 Å². The maximum atomic E-state index is 13.8. The number of hydrogen-bond acceptors (Lipinski definition) is 7. The average molecular weight is 755 g/mol. The van der Waals surface area contributed by atoms with Crippen LogP contribution in [0.2, 0.25) is 10.0 Å². The summed E-state index contributed by atoms with van der Waals surface area (Å²) in [5.74, 6) is -4.96. The van der Waals surface area contributed by atoms with Crippen LogP contribution in [0.4, 0.5) is 0 Å². The number of nitrogens with one attached hydrogen (secondary N) is 1. The van der Waals surface area contributed by atoms with Crippen molar-refractivity contribution in [1.29, 1.82) is 0 Å². The molecule has 3 fully saturated rings. The normalized spacial score (nSPS) is 24.1. The summed E-state index contributed by atoms with van der Waals surface area (Å²) in [6.07, 6.45) is 4.05. The number of aliphatic carboxylic acids is 2. The minimum atomic E-state index is -1.44. The molecule has 2 bridgehead atoms. The van der Waals surface area contributed by atoms with Crippen LogP contribution in [-0.4, -0.2) is 99.9 Å². The molecule has 4 aliphatic rings. The van der Waals surface area contributed by atoms with Crippen LogP contribution in [0, 0.1) is 0 Å². The number of fused-ring (bicyclic) bond motifs is 2. The van der Waals surface area contributed by atoms with Gasteiger partial charge in [-0.25, -0.2) is 9.59 Å². The van der Waals surface area contributed by atoms with Gasteiger partial charge in [0.15, 0.2) is 5.78 Å². The minimum Gasteiger partial charge on any atom is -0.478 e. The van der Waals surface area contributed by atoms with Crippen LogP contribution in [0.3, 0.4) is 0 Å². The zero-order valence-electron chi connectivity index (χ0n) is 26.9. The van der Waals surface area contributed by atoms with Gasteiger partial charge in [0.2, 0.25) is 5.91 Å². The first kappa shape index (κ1) is 38.7. The van der Waals surface area contributed by atoms with Gasteiger partial charge in [0.25, 0.3) is 0 Å². The number of piperazine rings is 1. The van der Waals surface area contributed by atoms with Crippen molar-refractivity contribution >= 4 is 71.6 Å². The lowest BCUT2D eigenvalue weighted by Gasteiger charge is -2.45. The van der Waals surface area contributed by atoms with Crippen LogP contribution >= 0.6 is 48.0 Å². The lowest BCUT2D eigenvalue weighted by atomic mass is 9.78. The Kier molecular flexibility index (Phi) is 12.8. The highest BCUT2D eigenvalue weighted by molar-refractivity contribution is 6.36. The highest BCUT2D eigenvalue weighted by Crippen LogP contribution is 2.45. The topological polar surface area (TPSA) is 130 Å². The second-order valence-corrected chi connectivity index (χ2v) is 13.6. The molecule has 0 aliphatic carbocycles. The van der Waals surface area contributed by atoms with Gasteiger partial charge < -0.3 is 25.3 Å². The number of carboxylic acid groups (broad SMARTS) is 2. The number of amides is 1. The maximum absolute atomic E-state index is 13.8. The molecular formula is C35H40Cl4N4O6. The quantitative estimate of drug-likeness (QED) is 0.279. The van der Waals surface area contributed by atoms with Crippen LogP contribution in [0.1, 0.15) is 60.4 Å². The van der Waals surface area contributed by atoms with Crippen LogP contribution < -0.4 is 5.32 Å². The second-order valence-electron chi connectivity index (χ2n) is 12.8. The number of halogens is 4. The van der Waals surface area contributed by atoms with Gasteiger partial charge in [-0.3, -0.25) is 14.5 Å². The van der Waals surface area contributed by atoms with Crippen LogP contribution in [0.5, 0.6) is 0 Å². The molecule has 3 unspecified atom stereocenters. The Morgan fingerprint density at radius 1 is 0.755 bits per heavy atom. The molecule has 3 atom stereocenters. The van der Waals surface area contributed by atoms with Crippen molar-refractivity contribution in [2.24, 2.45) is 0 Å². The molecule has 4 heterocycles. The van der Waals surface area contributed by atoms with Crippen molar-refractivity contribution in [2.45, 2.75) is 62.6 Å². The second kappa shape index (κ2) is 16.3. The molecule has 0 spiro atoms. The Labute approximate surface area is 307 Å². The first-order valence-corrected chi connectivity index (χ1v) is 16.7. The first-order chi connectivity index (χ1) is 22.5. The summed E-state index contributed by atoms with van der Waals surface area (Å²) < 4.78 is 0. The highest BCUT2D eigenvalue weighted by atomic mass is 35.5. The Morgan fingerprint density at radius 3 is 1.82 bits per heavy atom. The van der Waals surface area contributed by atoms with E-state index < -0.39 is 17.9 Å². The molecule has 0 aromatic heterocycles. The van der Waals surface area contributed by atoms with Crippen LogP contribution in [0.15, 0.2) is 71.1 Å². The lowest BCUT2D eigenvalue weighted by molar-refractivity contribution is -0.133. The number of ketones is 1. The fourth-order valence-electron chi connectivity index (χ4n) is 7.84. The summed E-state index contributed by atoms with van der Waals surface area (Å²) in [5, 5.41) is 24.1. The molecule has 4 aliphatic heterocycles. The van der Waals surface area contributed by atoms with E-state index in [1.165, 1.54) is 25.0 Å². The molecule has 6 rings (SSSR count). The molecule has 10 nitrogen and oxygen atoms in total. The molecule has 2 aromatic carbocycles. The summed E-state index contributed by atoms with van der Waals surface area (Å²) in [5.41, 5.74) is -0.261. The van der Waals surface area contributed by atoms with Crippen molar-refractivity contribution in [1.82, 2.24) is 20.0 Å². The SMILES string of the molecule is CN1C2CCC1CC(N1CCN(C(=O)CC3=C(C(=O)O)C(c4c(Cl)cccc4Cl)C(C(=O)O)=C(CC(=O)c4ccccc4)N3)CC1)C2.Cl.Cl. The number of carbonyl (C=O) groups is 4. The Balaban J connectivity index is 0.00000270. The minimum absolute atomic E-state index is 0. The third-order valence-electron chi connectivity index (χ3n) is 10.3. The van der Waals surface area contributed by atoms with Crippen molar-refractivity contribution in [3.05, 3.63) is 92.2 Å². The Bertz CT molecular complexity index is 1630. The number of carboxylic acids is 2. The molecule has 14 heteroatoms. The van der Waals surface area contributed by atoms with E-state index >= 15 is 0 Å². The fourth-order valence-corrected chi connectivity index (χ4v) is 8.45. The monoisotopic (exact) mass is 752 g/mol. The molecular weight excluding hydrogens is 714 g/mol. The summed E-state index contributed by atoms with van der Waals surface area (Å²) in [6.45, 7) is 2.47. The van der Waals surface area contributed by atoms with Crippen molar-refractivity contribution in [2.75, 3.05) is 33.2 Å². The zero-order valence-corrected chi connectivity index (χ0v) is 30.1. The number of piperidine rings is 1.